The molecule has 3 nitrogen and oxygen atoms in total. The molecule has 0 saturated carbocycles. The van der Waals surface area contributed by atoms with E-state index in [0.717, 1.165) is 19.5 Å². The Morgan fingerprint density at radius 1 is 1.12 bits per heavy atom. The van der Waals surface area contributed by atoms with E-state index in [-0.39, 0.29) is 11.0 Å². The second kappa shape index (κ2) is 3.84. The van der Waals surface area contributed by atoms with E-state index in [9.17, 15) is 0 Å². The molecule has 0 aliphatic carbocycles. The molecule has 1 aromatic heterocycles. The Bertz CT molecular complexity index is 377. The third-order valence-corrected chi connectivity index (χ3v) is 3.28. The molecule has 0 atom stereocenters. The third-order valence-electron chi connectivity index (χ3n) is 3.28. The number of nitrogens with zero attached hydrogens (tertiary/aromatic N) is 2. The molecule has 2 heterocycles. The molecule has 0 bridgehead atoms. The minimum Gasteiger partial charge on any atom is -0.312 e. The normalized spacial score (nSPS) is 17.1. The summed E-state index contributed by atoms with van der Waals surface area (Å²) in [4.78, 5) is 0. The zero-order valence-corrected chi connectivity index (χ0v) is 12.0. The van der Waals surface area contributed by atoms with Crippen molar-refractivity contribution in [1.82, 2.24) is 15.1 Å². The van der Waals surface area contributed by atoms with E-state index < -0.39 is 0 Å². The van der Waals surface area contributed by atoms with Gasteiger partial charge in [-0.25, -0.2) is 0 Å². The van der Waals surface area contributed by atoms with Gasteiger partial charge in [0.15, 0.2) is 0 Å². The van der Waals surface area contributed by atoms with Crippen LogP contribution in [-0.2, 0) is 23.9 Å². The minimum atomic E-state index is 0.0743. The highest BCUT2D eigenvalue weighted by Gasteiger charge is 2.30. The molecule has 0 aromatic carbocycles. The van der Waals surface area contributed by atoms with Gasteiger partial charge in [-0.2, -0.15) is 5.10 Å². The van der Waals surface area contributed by atoms with Crippen LogP contribution in [0.15, 0.2) is 0 Å². The van der Waals surface area contributed by atoms with Crippen molar-refractivity contribution in [3.05, 3.63) is 17.0 Å². The average Bonchev–Trinajstić information content (AvgIpc) is 2.55. The Balaban J connectivity index is 2.60. The van der Waals surface area contributed by atoms with Gasteiger partial charge in [0.25, 0.3) is 0 Å². The highest BCUT2D eigenvalue weighted by atomic mass is 15.3. The third kappa shape index (κ3) is 2.25. The second-order valence-corrected chi connectivity index (χ2v) is 7.03. The molecule has 1 aliphatic heterocycles. The van der Waals surface area contributed by atoms with Crippen molar-refractivity contribution in [3.63, 3.8) is 0 Å². The van der Waals surface area contributed by atoms with Crippen molar-refractivity contribution < 1.29 is 0 Å². The molecule has 1 N–H and O–H groups in total. The Labute approximate surface area is 105 Å². The van der Waals surface area contributed by atoms with Crippen LogP contribution in [-0.4, -0.2) is 16.3 Å². The van der Waals surface area contributed by atoms with Gasteiger partial charge < -0.3 is 5.32 Å². The number of nitrogens with one attached hydrogen (secondary N) is 1. The largest absolute Gasteiger partial charge is 0.312 e. The van der Waals surface area contributed by atoms with Gasteiger partial charge in [-0.05, 0) is 20.8 Å². The predicted octanol–water partition coefficient (Wildman–Crippen LogP) is 2.58. The molecule has 0 radical (unpaired) electrons. The lowest BCUT2D eigenvalue weighted by Crippen LogP contribution is -2.30. The van der Waals surface area contributed by atoms with Crippen molar-refractivity contribution in [2.24, 2.45) is 0 Å². The highest BCUT2D eigenvalue weighted by molar-refractivity contribution is 5.33. The highest BCUT2D eigenvalue weighted by Crippen LogP contribution is 2.31. The van der Waals surface area contributed by atoms with E-state index in [0.29, 0.717) is 0 Å². The fraction of sp³-hybridized carbons (Fsp3) is 0.786. The van der Waals surface area contributed by atoms with Crippen LogP contribution in [0.1, 0.15) is 58.5 Å². The van der Waals surface area contributed by atoms with Crippen LogP contribution in [0.2, 0.25) is 0 Å². The van der Waals surface area contributed by atoms with Gasteiger partial charge in [0.05, 0.1) is 11.2 Å². The molecule has 1 aromatic rings. The van der Waals surface area contributed by atoms with E-state index in [1.165, 1.54) is 17.0 Å². The van der Waals surface area contributed by atoms with Crippen molar-refractivity contribution in [1.29, 1.82) is 0 Å². The first-order valence-electron chi connectivity index (χ1n) is 6.54. The summed E-state index contributed by atoms with van der Waals surface area (Å²) in [5.41, 5.74) is 4.32. The molecule has 0 unspecified atom stereocenters. The van der Waals surface area contributed by atoms with Crippen molar-refractivity contribution in [3.8, 4) is 0 Å². The maximum Gasteiger partial charge on any atom is 0.0726 e. The van der Waals surface area contributed by atoms with Crippen molar-refractivity contribution >= 4 is 0 Å². The van der Waals surface area contributed by atoms with Gasteiger partial charge in [-0.3, -0.25) is 4.68 Å². The van der Waals surface area contributed by atoms with Crippen LogP contribution in [0.4, 0.5) is 0 Å². The molecular weight excluding hydrogens is 210 g/mol. The fourth-order valence-electron chi connectivity index (χ4n) is 2.51. The first kappa shape index (κ1) is 12.6. The SMILES string of the molecule is CC(C)(C)c1nn(C(C)(C)C)c2c1CNCC2. The Hall–Kier alpha value is -0.830. The molecule has 3 heteroatoms. The van der Waals surface area contributed by atoms with E-state index >= 15 is 0 Å². The summed E-state index contributed by atoms with van der Waals surface area (Å²) >= 11 is 0. The second-order valence-electron chi connectivity index (χ2n) is 7.03. The van der Waals surface area contributed by atoms with Gasteiger partial charge in [-0.15, -0.1) is 0 Å². The molecule has 0 amide bonds. The lowest BCUT2D eigenvalue weighted by Gasteiger charge is -2.24. The molecule has 2 rings (SSSR count). The van der Waals surface area contributed by atoms with Gasteiger partial charge in [0.1, 0.15) is 0 Å². The van der Waals surface area contributed by atoms with Gasteiger partial charge >= 0.3 is 0 Å². The zero-order valence-electron chi connectivity index (χ0n) is 12.0. The van der Waals surface area contributed by atoms with Crippen LogP contribution < -0.4 is 5.32 Å². The quantitative estimate of drug-likeness (QED) is 0.749. The van der Waals surface area contributed by atoms with Crippen LogP contribution in [0.25, 0.3) is 0 Å². The van der Waals surface area contributed by atoms with E-state index in [1.54, 1.807) is 0 Å². The maximum absolute atomic E-state index is 4.91. The van der Waals surface area contributed by atoms with E-state index in [4.69, 9.17) is 5.10 Å². The lowest BCUT2D eigenvalue weighted by atomic mass is 9.87. The van der Waals surface area contributed by atoms with Crippen LogP contribution in [0.5, 0.6) is 0 Å². The fourth-order valence-corrected chi connectivity index (χ4v) is 2.51. The summed E-state index contributed by atoms with van der Waals surface area (Å²) in [5.74, 6) is 0. The predicted molar refractivity (Wildman–Crippen MR) is 71.3 cm³/mol. The van der Waals surface area contributed by atoms with Gasteiger partial charge in [0.2, 0.25) is 0 Å². The van der Waals surface area contributed by atoms with Gasteiger partial charge in [-0.1, -0.05) is 20.8 Å². The molecular formula is C14H25N3. The summed E-state index contributed by atoms with van der Waals surface area (Å²) in [6.45, 7) is 15.5. The van der Waals surface area contributed by atoms with Crippen LogP contribution >= 0.6 is 0 Å². The van der Waals surface area contributed by atoms with Crippen LogP contribution in [0.3, 0.4) is 0 Å². The zero-order chi connectivity index (χ0) is 12.8. The summed E-state index contributed by atoms with van der Waals surface area (Å²) < 4.78 is 2.24. The number of hydrogen-bond acceptors (Lipinski definition) is 2. The lowest BCUT2D eigenvalue weighted by molar-refractivity contribution is 0.335. The molecule has 0 spiro atoms. The number of hydrogen-bond donors (Lipinski definition) is 1. The molecule has 0 fully saturated rings. The molecule has 17 heavy (non-hydrogen) atoms. The number of fused-ring (bicyclic) bond motifs is 1. The summed E-state index contributed by atoms with van der Waals surface area (Å²) in [5, 5.41) is 8.38. The topological polar surface area (TPSA) is 29.9 Å². The van der Waals surface area contributed by atoms with E-state index in [1.807, 2.05) is 0 Å². The minimum absolute atomic E-state index is 0.0743. The van der Waals surface area contributed by atoms with Crippen molar-refractivity contribution in [2.45, 2.75) is 65.5 Å². The summed E-state index contributed by atoms with van der Waals surface area (Å²) in [6, 6.07) is 0. The average molecular weight is 235 g/mol. The molecule has 0 saturated heterocycles. The number of rotatable bonds is 0. The molecule has 96 valence electrons. The Kier molecular flexibility index (Phi) is 2.85. The first-order valence-corrected chi connectivity index (χ1v) is 6.54. The van der Waals surface area contributed by atoms with Crippen molar-refractivity contribution in [2.75, 3.05) is 6.54 Å². The van der Waals surface area contributed by atoms with Gasteiger partial charge in [0, 0.05) is 36.2 Å². The number of aromatic nitrogens is 2. The summed E-state index contributed by atoms with van der Waals surface area (Å²) in [6.07, 6.45) is 1.09. The Morgan fingerprint density at radius 2 is 1.76 bits per heavy atom. The van der Waals surface area contributed by atoms with E-state index in [2.05, 4.69) is 51.5 Å². The Morgan fingerprint density at radius 3 is 2.29 bits per heavy atom. The maximum atomic E-state index is 4.91. The smallest absolute Gasteiger partial charge is 0.0726 e. The first-order chi connectivity index (χ1) is 7.71. The summed E-state index contributed by atoms with van der Waals surface area (Å²) in [7, 11) is 0. The molecule has 1 aliphatic rings. The monoisotopic (exact) mass is 235 g/mol. The van der Waals surface area contributed by atoms with Crippen LogP contribution in [0, 0.1) is 0 Å². The standard InChI is InChI=1S/C14H25N3/c1-13(2,3)12-10-9-15-8-7-11(10)17(16-12)14(4,5)6/h15H,7-9H2,1-6H3.